The summed E-state index contributed by atoms with van der Waals surface area (Å²) in [7, 11) is 0. The molecule has 9 heteroatoms. The highest BCUT2D eigenvalue weighted by molar-refractivity contribution is 6.05. The summed E-state index contributed by atoms with van der Waals surface area (Å²) in [6.45, 7) is 4.54. The molecule has 41 heavy (non-hydrogen) atoms. The van der Waals surface area contributed by atoms with Gasteiger partial charge >= 0.3 is 0 Å². The molecule has 4 aliphatic heterocycles. The summed E-state index contributed by atoms with van der Waals surface area (Å²) >= 11 is 0. The van der Waals surface area contributed by atoms with E-state index in [4.69, 9.17) is 14.5 Å². The summed E-state index contributed by atoms with van der Waals surface area (Å²) in [4.78, 5) is 45.5. The van der Waals surface area contributed by atoms with Crippen molar-refractivity contribution in [2.75, 3.05) is 26.3 Å². The second-order valence-corrected chi connectivity index (χ2v) is 11.7. The highest BCUT2D eigenvalue weighted by Gasteiger charge is 2.39. The fourth-order valence-electron chi connectivity index (χ4n) is 6.66. The van der Waals surface area contributed by atoms with Crippen molar-refractivity contribution >= 4 is 28.5 Å². The second-order valence-electron chi connectivity index (χ2n) is 11.7. The average molecular weight is 555 g/mol. The van der Waals surface area contributed by atoms with Gasteiger partial charge in [-0.3, -0.25) is 29.6 Å². The average Bonchev–Trinajstić information content (AvgIpc) is 3.56. The van der Waals surface area contributed by atoms with Gasteiger partial charge in [0.15, 0.2) is 0 Å². The molecule has 2 aromatic carbocycles. The third-order valence-electron chi connectivity index (χ3n) is 8.91. The lowest BCUT2D eigenvalue weighted by Crippen LogP contribution is -2.52. The van der Waals surface area contributed by atoms with Crippen LogP contribution in [0, 0.1) is 0 Å². The fraction of sp³-hybridized carbons (Fsp3) is 0.438. The van der Waals surface area contributed by atoms with E-state index in [1.54, 1.807) is 11.0 Å². The highest BCUT2D eigenvalue weighted by Crippen LogP contribution is 2.32. The predicted molar refractivity (Wildman–Crippen MR) is 151 cm³/mol. The molecule has 9 nitrogen and oxygen atoms in total. The van der Waals surface area contributed by atoms with Gasteiger partial charge in [0, 0.05) is 63.0 Å². The van der Waals surface area contributed by atoms with Crippen LogP contribution in [0.15, 0.2) is 48.7 Å². The molecule has 3 fully saturated rings. The molecule has 1 aromatic heterocycles. The monoisotopic (exact) mass is 554 g/mol. The number of fused-ring (bicyclic) bond motifs is 2. The van der Waals surface area contributed by atoms with Crippen LogP contribution in [0.4, 0.5) is 0 Å². The third kappa shape index (κ3) is 5.31. The maximum Gasteiger partial charge on any atom is 0.255 e. The zero-order chi connectivity index (χ0) is 27.9. The van der Waals surface area contributed by atoms with Gasteiger partial charge < -0.3 is 14.4 Å². The second kappa shape index (κ2) is 10.9. The molecule has 0 aliphatic carbocycles. The molecular weight excluding hydrogens is 520 g/mol. The number of nitrogens with one attached hydrogen (secondary N) is 1. The van der Waals surface area contributed by atoms with Crippen molar-refractivity contribution < 1.29 is 23.9 Å². The molecule has 0 spiro atoms. The maximum absolute atomic E-state index is 13.0. The Bertz CT molecular complexity index is 1520. The summed E-state index contributed by atoms with van der Waals surface area (Å²) in [6, 6.07) is 13.9. The first-order valence-corrected chi connectivity index (χ1v) is 14.6. The van der Waals surface area contributed by atoms with Crippen LogP contribution in [0.1, 0.15) is 65.2 Å². The highest BCUT2D eigenvalue weighted by atomic mass is 16.5. The Morgan fingerprint density at radius 2 is 1.85 bits per heavy atom. The minimum atomic E-state index is -0.613. The Hall–Kier alpha value is -3.82. The molecule has 0 saturated carbocycles. The van der Waals surface area contributed by atoms with Gasteiger partial charge in [-0.25, -0.2) is 0 Å². The third-order valence-corrected chi connectivity index (χ3v) is 8.91. The molecule has 3 amide bonds. The van der Waals surface area contributed by atoms with Crippen molar-refractivity contribution in [3.8, 4) is 5.75 Å². The number of rotatable bonds is 6. The van der Waals surface area contributed by atoms with Gasteiger partial charge in [-0.1, -0.05) is 18.2 Å². The number of hydrogen-bond acceptors (Lipinski definition) is 7. The number of benzene rings is 2. The van der Waals surface area contributed by atoms with E-state index in [2.05, 4.69) is 34.5 Å². The van der Waals surface area contributed by atoms with E-state index in [1.807, 2.05) is 18.3 Å². The number of imide groups is 1. The van der Waals surface area contributed by atoms with Crippen molar-refractivity contribution in [2.24, 2.45) is 0 Å². The lowest BCUT2D eigenvalue weighted by Gasteiger charge is -2.29. The first kappa shape index (κ1) is 26.1. The molecule has 1 N–H and O–H groups in total. The number of nitrogens with zero attached hydrogens (tertiary/aromatic N) is 3. The van der Waals surface area contributed by atoms with Crippen molar-refractivity contribution in [3.05, 3.63) is 71.0 Å². The molecule has 3 aromatic rings. The molecule has 4 aliphatic rings. The number of carbonyl (C=O) groups excluding carboxylic acids is 3. The Morgan fingerprint density at radius 3 is 2.71 bits per heavy atom. The molecule has 212 valence electrons. The molecule has 5 heterocycles. The van der Waals surface area contributed by atoms with E-state index in [1.165, 1.54) is 16.3 Å². The van der Waals surface area contributed by atoms with Gasteiger partial charge in [-0.15, -0.1) is 0 Å². The molecular formula is C32H34N4O5. The van der Waals surface area contributed by atoms with Gasteiger partial charge in [0.25, 0.3) is 5.91 Å². The standard InChI is InChI=1S/C32H34N4O5/c37-30-6-5-29(31(38)34-30)36-17-24-15-26(3-4-28(24)32(36)39)41-27-7-10-35(19-27)18-25-14-23-13-21(1-2-22(23)16-33-25)20-8-11-40-12-9-20/h1-4,13-16,20,27,29H,5-12,17-19H2,(H,34,37,38). The zero-order valence-electron chi connectivity index (χ0n) is 23.0. The van der Waals surface area contributed by atoms with Crippen LogP contribution in [-0.2, 0) is 27.4 Å². The predicted octanol–water partition coefficient (Wildman–Crippen LogP) is 3.54. The summed E-state index contributed by atoms with van der Waals surface area (Å²) in [5, 5.41) is 4.76. The van der Waals surface area contributed by atoms with Gasteiger partial charge in [-0.05, 0) is 72.4 Å². The van der Waals surface area contributed by atoms with Crippen molar-refractivity contribution in [1.82, 2.24) is 20.1 Å². The lowest BCUT2D eigenvalue weighted by atomic mass is 9.90. The van der Waals surface area contributed by atoms with Crippen LogP contribution in [0.25, 0.3) is 10.8 Å². The van der Waals surface area contributed by atoms with E-state index in [-0.39, 0.29) is 24.3 Å². The number of pyridine rings is 1. The van der Waals surface area contributed by atoms with Crippen LogP contribution in [0.3, 0.4) is 0 Å². The maximum atomic E-state index is 13.0. The first-order valence-electron chi connectivity index (χ1n) is 14.6. The molecule has 0 radical (unpaired) electrons. The smallest absolute Gasteiger partial charge is 0.255 e. The van der Waals surface area contributed by atoms with E-state index < -0.39 is 11.9 Å². The number of carbonyl (C=O) groups is 3. The molecule has 3 saturated heterocycles. The van der Waals surface area contributed by atoms with Gasteiger partial charge in [0.1, 0.15) is 17.9 Å². The fourth-order valence-corrected chi connectivity index (χ4v) is 6.66. The van der Waals surface area contributed by atoms with Gasteiger partial charge in [0.05, 0.1) is 5.69 Å². The van der Waals surface area contributed by atoms with Crippen LogP contribution in [0.5, 0.6) is 5.75 Å². The van der Waals surface area contributed by atoms with Crippen molar-refractivity contribution in [3.63, 3.8) is 0 Å². The van der Waals surface area contributed by atoms with Crippen LogP contribution in [-0.4, -0.2) is 71.0 Å². The van der Waals surface area contributed by atoms with Crippen molar-refractivity contribution in [1.29, 1.82) is 0 Å². The number of likely N-dealkylation sites (tertiary alicyclic amines) is 1. The van der Waals surface area contributed by atoms with Crippen LogP contribution >= 0.6 is 0 Å². The lowest BCUT2D eigenvalue weighted by molar-refractivity contribution is -0.136. The molecule has 2 atom stereocenters. The Morgan fingerprint density at radius 1 is 0.976 bits per heavy atom. The Kier molecular flexibility index (Phi) is 6.92. The van der Waals surface area contributed by atoms with Gasteiger partial charge in [0.2, 0.25) is 11.8 Å². The van der Waals surface area contributed by atoms with E-state index in [0.29, 0.717) is 24.4 Å². The zero-order valence-corrected chi connectivity index (χ0v) is 23.0. The molecule has 0 bridgehead atoms. The SMILES string of the molecule is O=C1CCC(N2Cc3cc(OC4CCN(Cc5cc6cc(C7CCOCC7)ccc6cn5)C4)ccc3C2=O)C(=O)N1. The van der Waals surface area contributed by atoms with Gasteiger partial charge in [-0.2, -0.15) is 0 Å². The minimum Gasteiger partial charge on any atom is -0.489 e. The number of amides is 3. The van der Waals surface area contributed by atoms with E-state index in [9.17, 15) is 14.4 Å². The topological polar surface area (TPSA) is 101 Å². The Labute approximate surface area is 238 Å². The number of aromatic nitrogens is 1. The summed E-state index contributed by atoms with van der Waals surface area (Å²) < 4.78 is 11.9. The molecule has 7 rings (SSSR count). The largest absolute Gasteiger partial charge is 0.489 e. The summed E-state index contributed by atoms with van der Waals surface area (Å²) in [6.07, 6.45) is 5.71. The number of piperidine rings is 1. The normalized spacial score (nSPS) is 23.7. The number of hydrogen-bond donors (Lipinski definition) is 1. The van der Waals surface area contributed by atoms with Crippen molar-refractivity contribution in [2.45, 2.75) is 63.3 Å². The van der Waals surface area contributed by atoms with Crippen LogP contribution < -0.4 is 10.1 Å². The Balaban J connectivity index is 0.974. The summed E-state index contributed by atoms with van der Waals surface area (Å²) in [5.41, 5.74) is 3.90. The number of ether oxygens (including phenoxy) is 2. The summed E-state index contributed by atoms with van der Waals surface area (Å²) in [5.74, 6) is 0.450. The van der Waals surface area contributed by atoms with E-state index in [0.717, 1.165) is 69.1 Å². The molecule has 2 unspecified atom stereocenters. The minimum absolute atomic E-state index is 0.0528. The first-order chi connectivity index (χ1) is 20.0. The quantitative estimate of drug-likeness (QED) is 0.465. The van der Waals surface area contributed by atoms with E-state index >= 15 is 0 Å². The van der Waals surface area contributed by atoms with Crippen LogP contribution in [0.2, 0.25) is 0 Å².